The van der Waals surface area contributed by atoms with Crippen LogP contribution in [0.2, 0.25) is 0 Å². The second kappa shape index (κ2) is 18.5. The van der Waals surface area contributed by atoms with Crippen molar-refractivity contribution < 1.29 is 0 Å². The molecule has 13 rings (SSSR count). The predicted molar refractivity (Wildman–Crippen MR) is 337 cm³/mol. The molecule has 13 aromatic rings. The zero-order valence-corrected chi connectivity index (χ0v) is 46.4. The van der Waals surface area contributed by atoms with Crippen LogP contribution in [0, 0.1) is 0 Å². The Balaban J connectivity index is 0.984. The Bertz CT molecular complexity index is 4310. The van der Waals surface area contributed by atoms with E-state index in [2.05, 4.69) is 308 Å². The first kappa shape index (κ1) is 48.9. The predicted octanol–water partition coefficient (Wildman–Crippen LogP) is 21.7. The van der Waals surface area contributed by atoms with Gasteiger partial charge in [0.25, 0.3) is 0 Å². The third-order valence-corrected chi connectivity index (χ3v) is 16.4. The molecule has 0 spiro atoms. The fourth-order valence-corrected chi connectivity index (χ4v) is 12.0. The number of aromatic nitrogens is 1. The largest absolute Gasteiger partial charge is 0.310 e. The number of hydrogen-bond acceptors (Lipinski definition) is 1. The molecule has 78 heavy (non-hydrogen) atoms. The number of anilines is 3. The Kier molecular flexibility index (Phi) is 11.6. The molecular weight excluding hydrogens is 941 g/mol. The zero-order valence-electron chi connectivity index (χ0n) is 46.4. The van der Waals surface area contributed by atoms with Crippen molar-refractivity contribution in [3.05, 3.63) is 253 Å². The van der Waals surface area contributed by atoms with Gasteiger partial charge in [-0.1, -0.05) is 244 Å². The summed E-state index contributed by atoms with van der Waals surface area (Å²) in [5.41, 5.74) is 20.7. The van der Waals surface area contributed by atoms with E-state index in [1.54, 1.807) is 0 Å². The molecular formula is C76H66N2. The number of nitrogens with zero attached hydrogens (tertiary/aromatic N) is 2. The summed E-state index contributed by atoms with van der Waals surface area (Å²) in [4.78, 5) is 2.47. The molecule has 1 heterocycles. The lowest BCUT2D eigenvalue weighted by Crippen LogP contribution is -2.16. The average Bonchev–Trinajstić information content (AvgIpc) is 3.98. The maximum Gasteiger partial charge on any atom is 0.0541 e. The highest BCUT2D eigenvalue weighted by molar-refractivity contribution is 6.27. The van der Waals surface area contributed by atoms with Gasteiger partial charge in [-0.05, 0) is 154 Å². The van der Waals surface area contributed by atoms with Crippen molar-refractivity contribution in [1.82, 2.24) is 4.57 Å². The molecule has 0 saturated heterocycles. The molecule has 1 aromatic heterocycles. The fourth-order valence-electron chi connectivity index (χ4n) is 12.0. The lowest BCUT2D eigenvalue weighted by Gasteiger charge is -2.28. The molecule has 0 aliphatic heterocycles. The van der Waals surface area contributed by atoms with E-state index in [1.807, 2.05) is 0 Å². The maximum absolute atomic E-state index is 2.47. The van der Waals surface area contributed by atoms with E-state index in [4.69, 9.17) is 0 Å². The molecule has 2 heteroatoms. The van der Waals surface area contributed by atoms with Crippen LogP contribution in [0.4, 0.5) is 17.1 Å². The van der Waals surface area contributed by atoms with E-state index in [9.17, 15) is 0 Å². The van der Waals surface area contributed by atoms with Crippen molar-refractivity contribution in [2.75, 3.05) is 4.90 Å². The van der Waals surface area contributed by atoms with Gasteiger partial charge in [0.15, 0.2) is 0 Å². The molecule has 380 valence electrons. The second-order valence-corrected chi connectivity index (χ2v) is 24.7. The Morgan fingerprint density at radius 3 is 1.26 bits per heavy atom. The van der Waals surface area contributed by atoms with Crippen molar-refractivity contribution in [3.8, 4) is 50.2 Å². The lowest BCUT2D eigenvalue weighted by molar-refractivity contribution is 0.569. The van der Waals surface area contributed by atoms with E-state index in [1.165, 1.54) is 121 Å². The minimum atomic E-state index is -0.0526. The van der Waals surface area contributed by atoms with Gasteiger partial charge in [-0.2, -0.15) is 0 Å². The Morgan fingerprint density at radius 2 is 0.705 bits per heavy atom. The van der Waals surface area contributed by atoms with E-state index in [0.717, 1.165) is 17.1 Å². The standard InChI is InChI=1S/C76H66N2/c1-74(2,3)57-44-54(43-55(45-57)56-46-58(75(4,5)6)48-59(47-56)76(7,8)9)49-27-35-60(36-28-49)77(61-37-29-51(30-38-61)63-22-14-13-21-62(63)50-19-11-10-12-20-50)70-41-33-52-32-40-67-71(42-34-53-31-39-66(70)72(52)73(53)67)78-68-25-17-15-23-64(68)65-24-16-18-26-69(65)78/h10-48H,1-9H3. The van der Waals surface area contributed by atoms with Gasteiger partial charge in [0.1, 0.15) is 0 Å². The lowest BCUT2D eigenvalue weighted by atomic mass is 9.78. The topological polar surface area (TPSA) is 8.17 Å². The summed E-state index contributed by atoms with van der Waals surface area (Å²) in [6, 6.07) is 88.8. The molecule has 0 atom stereocenters. The molecule has 0 bridgehead atoms. The van der Waals surface area contributed by atoms with Crippen LogP contribution in [0.5, 0.6) is 0 Å². The first-order valence-corrected chi connectivity index (χ1v) is 27.7. The zero-order chi connectivity index (χ0) is 53.7. The second-order valence-electron chi connectivity index (χ2n) is 24.7. The minimum Gasteiger partial charge on any atom is -0.310 e. The van der Waals surface area contributed by atoms with Gasteiger partial charge in [-0.3, -0.25) is 0 Å². The highest BCUT2D eigenvalue weighted by atomic mass is 15.1. The van der Waals surface area contributed by atoms with Crippen LogP contribution >= 0.6 is 0 Å². The van der Waals surface area contributed by atoms with E-state index in [-0.39, 0.29) is 16.2 Å². The summed E-state index contributed by atoms with van der Waals surface area (Å²) < 4.78 is 2.47. The summed E-state index contributed by atoms with van der Waals surface area (Å²) in [7, 11) is 0. The number of hydrogen-bond donors (Lipinski definition) is 0. The van der Waals surface area contributed by atoms with Crippen molar-refractivity contribution in [3.63, 3.8) is 0 Å². The molecule has 0 fully saturated rings. The Hall–Kier alpha value is -8.72. The Labute approximate surface area is 460 Å². The highest BCUT2D eigenvalue weighted by Crippen LogP contribution is 2.47. The first-order chi connectivity index (χ1) is 37.6. The van der Waals surface area contributed by atoms with Gasteiger partial charge >= 0.3 is 0 Å². The molecule has 2 nitrogen and oxygen atoms in total. The monoisotopic (exact) mass is 1010 g/mol. The van der Waals surface area contributed by atoms with Crippen LogP contribution in [0.25, 0.3) is 104 Å². The summed E-state index contributed by atoms with van der Waals surface area (Å²) in [6.45, 7) is 20.9. The molecule has 0 aliphatic carbocycles. The first-order valence-electron chi connectivity index (χ1n) is 27.7. The molecule has 0 saturated carbocycles. The van der Waals surface area contributed by atoms with Gasteiger partial charge < -0.3 is 9.47 Å². The van der Waals surface area contributed by atoms with Crippen molar-refractivity contribution >= 4 is 71.2 Å². The summed E-state index contributed by atoms with van der Waals surface area (Å²) in [5, 5.41) is 10.00. The molecule has 0 unspecified atom stereocenters. The third-order valence-electron chi connectivity index (χ3n) is 16.4. The quantitative estimate of drug-likeness (QED) is 0.138. The van der Waals surface area contributed by atoms with E-state index >= 15 is 0 Å². The van der Waals surface area contributed by atoms with Gasteiger partial charge in [-0.25, -0.2) is 0 Å². The van der Waals surface area contributed by atoms with Crippen LogP contribution in [-0.4, -0.2) is 4.57 Å². The van der Waals surface area contributed by atoms with Gasteiger partial charge in [0.05, 0.1) is 22.4 Å². The summed E-state index contributed by atoms with van der Waals surface area (Å²) >= 11 is 0. The average molecular weight is 1010 g/mol. The maximum atomic E-state index is 2.47. The smallest absolute Gasteiger partial charge is 0.0541 e. The van der Waals surface area contributed by atoms with Crippen molar-refractivity contribution in [1.29, 1.82) is 0 Å². The molecule has 12 aromatic carbocycles. The third kappa shape index (κ3) is 8.52. The fraction of sp³-hybridized carbons (Fsp3) is 0.158. The van der Waals surface area contributed by atoms with Gasteiger partial charge in [-0.15, -0.1) is 0 Å². The summed E-state index contributed by atoms with van der Waals surface area (Å²) in [6.07, 6.45) is 0. The van der Waals surface area contributed by atoms with Crippen LogP contribution in [0.1, 0.15) is 79.0 Å². The number of fused-ring (bicyclic) bond motifs is 3. The van der Waals surface area contributed by atoms with Gasteiger partial charge in [0, 0.05) is 32.9 Å². The number of rotatable bonds is 8. The summed E-state index contributed by atoms with van der Waals surface area (Å²) in [5.74, 6) is 0. The molecule has 0 amide bonds. The molecule has 0 aliphatic rings. The van der Waals surface area contributed by atoms with Crippen LogP contribution in [0.15, 0.2) is 237 Å². The highest BCUT2D eigenvalue weighted by Gasteiger charge is 2.25. The van der Waals surface area contributed by atoms with Gasteiger partial charge in [0.2, 0.25) is 0 Å². The normalized spacial score (nSPS) is 12.4. The SMILES string of the molecule is CC(C)(C)c1cc(-c2ccc(N(c3ccc(-c4ccccc4-c4ccccc4)cc3)c3ccc4ccc5c(-n6c7ccccc7c7ccccc76)ccc6ccc3c4c65)cc2)cc(-c2cc(C(C)(C)C)cc(C(C)(C)C)c2)c1. The Morgan fingerprint density at radius 1 is 0.295 bits per heavy atom. The van der Waals surface area contributed by atoms with E-state index < -0.39 is 0 Å². The number of benzene rings is 12. The molecule has 0 N–H and O–H groups in total. The van der Waals surface area contributed by atoms with E-state index in [0.29, 0.717) is 0 Å². The van der Waals surface area contributed by atoms with Crippen LogP contribution < -0.4 is 4.90 Å². The van der Waals surface area contributed by atoms with Crippen molar-refractivity contribution in [2.24, 2.45) is 0 Å². The van der Waals surface area contributed by atoms with Crippen LogP contribution in [0.3, 0.4) is 0 Å². The molecule has 0 radical (unpaired) electrons. The number of para-hydroxylation sites is 2. The van der Waals surface area contributed by atoms with Crippen molar-refractivity contribution in [2.45, 2.75) is 78.6 Å². The van der Waals surface area contributed by atoms with Crippen LogP contribution in [-0.2, 0) is 16.2 Å². The minimum absolute atomic E-state index is 0.0141.